The fourth-order valence-electron chi connectivity index (χ4n) is 3.45. The van der Waals surface area contributed by atoms with E-state index in [1.54, 1.807) is 4.90 Å². The lowest BCUT2D eigenvalue weighted by Gasteiger charge is -2.27. The Balaban J connectivity index is 1.73. The highest BCUT2D eigenvalue weighted by Crippen LogP contribution is 2.34. The third-order valence-electron chi connectivity index (χ3n) is 5.24. The van der Waals surface area contributed by atoms with Gasteiger partial charge in [-0.15, -0.1) is 0 Å². The number of carbonyl (C=O) groups excluding carboxylic acids is 2. The van der Waals surface area contributed by atoms with E-state index in [1.807, 2.05) is 0 Å². The van der Waals surface area contributed by atoms with Gasteiger partial charge in [0, 0.05) is 25.8 Å². The van der Waals surface area contributed by atoms with Gasteiger partial charge in [-0.2, -0.15) is 0 Å². The van der Waals surface area contributed by atoms with E-state index in [-0.39, 0.29) is 34.8 Å². The van der Waals surface area contributed by atoms with E-state index in [9.17, 15) is 18.0 Å². The molecule has 0 aliphatic heterocycles. The summed E-state index contributed by atoms with van der Waals surface area (Å²) in [7, 11) is 0.322. The molecule has 2 aliphatic carbocycles. The van der Waals surface area contributed by atoms with Gasteiger partial charge in [-0.1, -0.05) is 6.08 Å². The molecule has 30 heavy (non-hydrogen) atoms. The van der Waals surface area contributed by atoms with Crippen molar-refractivity contribution in [3.8, 4) is 5.75 Å². The number of esters is 1. The number of ether oxygens (including phenoxy) is 2. The van der Waals surface area contributed by atoms with Crippen LogP contribution in [0.5, 0.6) is 5.75 Å². The molecule has 0 N–H and O–H groups in total. The van der Waals surface area contributed by atoms with Crippen LogP contribution in [0, 0.1) is 0 Å². The molecule has 0 heterocycles. The number of hydrogen-bond donors (Lipinski definition) is 0. The van der Waals surface area contributed by atoms with Gasteiger partial charge in [0.1, 0.15) is 10.6 Å². The molecule has 1 fully saturated rings. The zero-order valence-electron chi connectivity index (χ0n) is 17.6. The van der Waals surface area contributed by atoms with Gasteiger partial charge in [0.15, 0.2) is 6.61 Å². The topological polar surface area (TPSA) is 93.2 Å². The van der Waals surface area contributed by atoms with Crippen LogP contribution in [0.25, 0.3) is 0 Å². The summed E-state index contributed by atoms with van der Waals surface area (Å²) in [5.74, 6) is -0.872. The minimum atomic E-state index is -3.82. The molecule has 1 amide bonds. The molecule has 1 saturated carbocycles. The molecular formula is C21H28N2O6S. The van der Waals surface area contributed by atoms with Crippen molar-refractivity contribution in [2.24, 2.45) is 0 Å². The molecule has 0 radical (unpaired) electrons. The SMILES string of the molecule is COc1ccc(C(=O)OCC(=O)N(C2=CCCCC2)C2CC2)cc1S(=O)(=O)N(C)C. The van der Waals surface area contributed by atoms with E-state index >= 15 is 0 Å². The first-order valence-corrected chi connectivity index (χ1v) is 11.5. The molecule has 0 aromatic heterocycles. The number of carbonyl (C=O) groups is 2. The number of sulfonamides is 1. The van der Waals surface area contributed by atoms with Gasteiger partial charge >= 0.3 is 5.97 Å². The second-order valence-corrected chi connectivity index (χ2v) is 9.79. The largest absolute Gasteiger partial charge is 0.495 e. The van der Waals surface area contributed by atoms with E-state index < -0.39 is 16.0 Å². The molecule has 8 nitrogen and oxygen atoms in total. The lowest BCUT2D eigenvalue weighted by molar-refractivity contribution is -0.133. The highest BCUT2D eigenvalue weighted by Gasteiger charge is 2.35. The van der Waals surface area contributed by atoms with E-state index in [0.29, 0.717) is 0 Å². The molecule has 164 valence electrons. The third-order valence-corrected chi connectivity index (χ3v) is 7.08. The maximum absolute atomic E-state index is 12.8. The number of rotatable bonds is 8. The molecule has 3 rings (SSSR count). The summed E-state index contributed by atoms with van der Waals surface area (Å²) in [6.07, 6.45) is 8.02. The van der Waals surface area contributed by atoms with Crippen molar-refractivity contribution < 1.29 is 27.5 Å². The zero-order chi connectivity index (χ0) is 21.9. The van der Waals surface area contributed by atoms with Crippen molar-refractivity contribution in [2.75, 3.05) is 27.8 Å². The Hall–Kier alpha value is -2.39. The molecule has 1 aromatic rings. The Bertz CT molecular complexity index is 950. The maximum atomic E-state index is 12.8. The van der Waals surface area contributed by atoms with Crippen LogP contribution in [0.1, 0.15) is 48.9 Å². The summed E-state index contributed by atoms with van der Waals surface area (Å²) in [5.41, 5.74) is 1.06. The van der Waals surface area contributed by atoms with Crippen molar-refractivity contribution >= 4 is 21.9 Å². The van der Waals surface area contributed by atoms with E-state index in [2.05, 4.69) is 6.08 Å². The monoisotopic (exact) mass is 436 g/mol. The predicted molar refractivity (Wildman–Crippen MR) is 111 cm³/mol. The molecule has 1 aromatic carbocycles. The van der Waals surface area contributed by atoms with Crippen molar-refractivity contribution in [3.05, 3.63) is 35.5 Å². The average Bonchev–Trinajstić information content (AvgIpc) is 3.57. The molecule has 0 unspecified atom stereocenters. The third kappa shape index (κ3) is 4.84. The summed E-state index contributed by atoms with van der Waals surface area (Å²) in [5, 5.41) is 0. The molecule has 0 atom stereocenters. The lowest BCUT2D eigenvalue weighted by Crippen LogP contribution is -2.36. The summed E-state index contributed by atoms with van der Waals surface area (Å²) in [4.78, 5) is 26.9. The van der Waals surface area contributed by atoms with Gasteiger partial charge in [0.05, 0.1) is 12.7 Å². The summed E-state index contributed by atoms with van der Waals surface area (Å²) in [6, 6.07) is 4.22. The van der Waals surface area contributed by atoms with Gasteiger partial charge in [-0.05, 0) is 56.7 Å². The fourth-order valence-corrected chi connectivity index (χ4v) is 4.53. The average molecular weight is 437 g/mol. The highest BCUT2D eigenvalue weighted by molar-refractivity contribution is 7.89. The fraction of sp³-hybridized carbons (Fsp3) is 0.524. The first kappa shape index (κ1) is 22.3. The van der Waals surface area contributed by atoms with Gasteiger partial charge in [-0.3, -0.25) is 4.79 Å². The number of methoxy groups -OCH3 is 1. The number of nitrogens with zero attached hydrogens (tertiary/aromatic N) is 2. The minimum absolute atomic E-state index is 0.0406. The quantitative estimate of drug-likeness (QED) is 0.582. The first-order valence-electron chi connectivity index (χ1n) is 10.0. The normalized spacial score (nSPS) is 16.7. The van der Waals surface area contributed by atoms with Crippen molar-refractivity contribution in [3.63, 3.8) is 0 Å². The van der Waals surface area contributed by atoms with Gasteiger partial charge in [0.25, 0.3) is 5.91 Å². The molecule has 2 aliphatic rings. The number of allylic oxidation sites excluding steroid dienone is 2. The van der Waals surface area contributed by atoms with Crippen LogP contribution in [-0.4, -0.2) is 63.4 Å². The summed E-state index contributed by atoms with van der Waals surface area (Å²) < 4.78 is 36.4. The Morgan fingerprint density at radius 1 is 1.17 bits per heavy atom. The molecular weight excluding hydrogens is 408 g/mol. The Morgan fingerprint density at radius 3 is 2.47 bits per heavy atom. The first-order chi connectivity index (χ1) is 14.3. The number of amides is 1. The zero-order valence-corrected chi connectivity index (χ0v) is 18.4. The van der Waals surface area contributed by atoms with Crippen LogP contribution in [0.2, 0.25) is 0 Å². The van der Waals surface area contributed by atoms with Crippen molar-refractivity contribution in [2.45, 2.75) is 49.5 Å². The summed E-state index contributed by atoms with van der Waals surface area (Å²) >= 11 is 0. The lowest BCUT2D eigenvalue weighted by atomic mass is 10.0. The molecule has 0 saturated heterocycles. The van der Waals surface area contributed by atoms with Crippen LogP contribution in [-0.2, 0) is 19.6 Å². The standard InChI is InChI=1S/C21H28N2O6S/c1-22(2)30(26,27)19-13-15(9-12-18(19)28-3)21(25)29-14-20(24)23(17-10-11-17)16-7-5-4-6-8-16/h7,9,12-13,17H,4-6,8,10-11,14H2,1-3H3. The molecule has 9 heteroatoms. The second kappa shape index (κ2) is 9.18. The molecule has 0 spiro atoms. The van der Waals surface area contributed by atoms with E-state index in [4.69, 9.17) is 9.47 Å². The van der Waals surface area contributed by atoms with Gasteiger partial charge in [-0.25, -0.2) is 17.5 Å². The number of benzene rings is 1. The van der Waals surface area contributed by atoms with Crippen LogP contribution in [0.15, 0.2) is 34.9 Å². The summed E-state index contributed by atoms with van der Waals surface area (Å²) in [6.45, 7) is -0.380. The van der Waals surface area contributed by atoms with E-state index in [1.165, 1.54) is 39.4 Å². The van der Waals surface area contributed by atoms with E-state index in [0.717, 1.165) is 48.5 Å². The van der Waals surface area contributed by atoms with Crippen molar-refractivity contribution in [1.82, 2.24) is 9.21 Å². The maximum Gasteiger partial charge on any atom is 0.338 e. The second-order valence-electron chi connectivity index (χ2n) is 7.67. The minimum Gasteiger partial charge on any atom is -0.495 e. The Kier molecular flexibility index (Phi) is 6.82. The van der Waals surface area contributed by atoms with Crippen LogP contribution in [0.3, 0.4) is 0 Å². The van der Waals surface area contributed by atoms with Gasteiger partial charge < -0.3 is 14.4 Å². The van der Waals surface area contributed by atoms with Crippen LogP contribution < -0.4 is 4.74 Å². The number of hydrogen-bond acceptors (Lipinski definition) is 6. The smallest absolute Gasteiger partial charge is 0.338 e. The van der Waals surface area contributed by atoms with Crippen molar-refractivity contribution in [1.29, 1.82) is 0 Å². The van der Waals surface area contributed by atoms with Crippen LogP contribution in [0.4, 0.5) is 0 Å². The van der Waals surface area contributed by atoms with Gasteiger partial charge in [0.2, 0.25) is 10.0 Å². The highest BCUT2D eigenvalue weighted by atomic mass is 32.2. The van der Waals surface area contributed by atoms with Crippen LogP contribution >= 0.6 is 0 Å². The Labute approximate surface area is 177 Å². The predicted octanol–water partition coefficient (Wildman–Crippen LogP) is 2.55. The molecule has 0 bridgehead atoms. The Morgan fingerprint density at radius 2 is 1.90 bits per heavy atom.